The minimum Gasteiger partial charge on any atom is -0.398 e. The van der Waals surface area contributed by atoms with Crippen LogP contribution in [0.2, 0.25) is 5.02 Å². The monoisotopic (exact) mass is 302 g/mol. The van der Waals surface area contributed by atoms with E-state index >= 15 is 0 Å². The van der Waals surface area contributed by atoms with Crippen LogP contribution in [-0.4, -0.2) is 17.9 Å². The Hall–Kier alpha value is -2.00. The Morgan fingerprint density at radius 2 is 1.90 bits per heavy atom. The molecule has 110 valence electrons. The molecule has 21 heavy (non-hydrogen) atoms. The Balaban J connectivity index is 2.22. The van der Waals surface area contributed by atoms with Crippen LogP contribution in [0.4, 0.5) is 5.69 Å². The van der Waals surface area contributed by atoms with Crippen molar-refractivity contribution in [3.8, 4) is 0 Å². The van der Waals surface area contributed by atoms with Crippen LogP contribution >= 0.6 is 11.6 Å². The summed E-state index contributed by atoms with van der Waals surface area (Å²) in [5, 5.41) is 0.670. The van der Waals surface area contributed by atoms with Gasteiger partial charge in [0.2, 0.25) is 0 Å². The SMILES string of the molecule is Cc1cc(C)c(C(=O)N(C)Cc2cccc(Cl)c2)cc1N. The highest BCUT2D eigenvalue weighted by Gasteiger charge is 2.15. The molecule has 2 aromatic carbocycles. The van der Waals surface area contributed by atoms with Crippen LogP contribution in [0.5, 0.6) is 0 Å². The zero-order valence-electron chi connectivity index (χ0n) is 12.5. The number of nitrogens with two attached hydrogens (primary N) is 1. The normalized spacial score (nSPS) is 10.5. The Morgan fingerprint density at radius 3 is 2.57 bits per heavy atom. The third-order valence-corrected chi connectivity index (χ3v) is 3.73. The van der Waals surface area contributed by atoms with Gasteiger partial charge >= 0.3 is 0 Å². The van der Waals surface area contributed by atoms with Crippen molar-refractivity contribution in [3.05, 3.63) is 63.7 Å². The molecule has 4 heteroatoms. The molecular weight excluding hydrogens is 284 g/mol. The molecule has 2 N–H and O–H groups in total. The molecular formula is C17H19ClN2O. The molecule has 0 aliphatic carbocycles. The van der Waals surface area contributed by atoms with Crippen LogP contribution in [0.1, 0.15) is 27.0 Å². The number of nitrogen functional groups attached to an aromatic ring is 1. The summed E-state index contributed by atoms with van der Waals surface area (Å²) in [5.74, 6) is -0.0424. The smallest absolute Gasteiger partial charge is 0.254 e. The van der Waals surface area contributed by atoms with Gasteiger partial charge < -0.3 is 10.6 Å². The lowest BCUT2D eigenvalue weighted by molar-refractivity contribution is 0.0784. The number of carbonyl (C=O) groups is 1. The topological polar surface area (TPSA) is 46.3 Å². The molecule has 0 bridgehead atoms. The fraction of sp³-hybridized carbons (Fsp3) is 0.235. The molecule has 0 heterocycles. The Kier molecular flexibility index (Phi) is 4.53. The van der Waals surface area contributed by atoms with E-state index in [0.29, 0.717) is 22.8 Å². The Labute approximate surface area is 130 Å². The largest absolute Gasteiger partial charge is 0.398 e. The van der Waals surface area contributed by atoms with Crippen molar-refractivity contribution in [2.45, 2.75) is 20.4 Å². The molecule has 0 spiro atoms. The van der Waals surface area contributed by atoms with Gasteiger partial charge in [-0.05, 0) is 48.7 Å². The average Bonchev–Trinajstić information content (AvgIpc) is 2.42. The van der Waals surface area contributed by atoms with E-state index < -0.39 is 0 Å². The standard InChI is InChI=1S/C17H19ClN2O/c1-11-7-12(2)16(19)9-15(11)17(21)20(3)10-13-5-4-6-14(18)8-13/h4-9H,10,19H2,1-3H3. The van der Waals surface area contributed by atoms with Gasteiger partial charge in [0.1, 0.15) is 0 Å². The number of anilines is 1. The summed E-state index contributed by atoms with van der Waals surface area (Å²) in [6, 6.07) is 11.2. The van der Waals surface area contributed by atoms with E-state index in [-0.39, 0.29) is 5.91 Å². The number of aryl methyl sites for hydroxylation is 2. The van der Waals surface area contributed by atoms with Crippen LogP contribution in [0.25, 0.3) is 0 Å². The van der Waals surface area contributed by atoms with E-state index in [4.69, 9.17) is 17.3 Å². The number of halogens is 1. The molecule has 2 aromatic rings. The zero-order chi connectivity index (χ0) is 15.6. The van der Waals surface area contributed by atoms with Crippen molar-refractivity contribution in [3.63, 3.8) is 0 Å². The molecule has 0 aliphatic heterocycles. The minimum absolute atomic E-state index is 0.0424. The first kappa shape index (κ1) is 15.4. The quantitative estimate of drug-likeness (QED) is 0.876. The molecule has 0 atom stereocenters. The molecule has 2 rings (SSSR count). The van der Waals surface area contributed by atoms with Gasteiger partial charge in [-0.3, -0.25) is 4.79 Å². The number of nitrogens with zero attached hydrogens (tertiary/aromatic N) is 1. The highest BCUT2D eigenvalue weighted by atomic mass is 35.5. The van der Waals surface area contributed by atoms with Crippen LogP contribution < -0.4 is 5.73 Å². The van der Waals surface area contributed by atoms with Crippen LogP contribution in [0.3, 0.4) is 0 Å². The molecule has 0 radical (unpaired) electrons. The molecule has 1 amide bonds. The molecule has 3 nitrogen and oxygen atoms in total. The Bertz CT molecular complexity index is 682. The molecule has 0 fully saturated rings. The number of rotatable bonds is 3. The van der Waals surface area contributed by atoms with Gasteiger partial charge in [0.25, 0.3) is 5.91 Å². The van der Waals surface area contributed by atoms with Crippen molar-refractivity contribution in [2.75, 3.05) is 12.8 Å². The van der Waals surface area contributed by atoms with Gasteiger partial charge in [-0.15, -0.1) is 0 Å². The lowest BCUT2D eigenvalue weighted by atomic mass is 10.0. The van der Waals surface area contributed by atoms with Gasteiger partial charge in [0.05, 0.1) is 0 Å². The summed E-state index contributed by atoms with van der Waals surface area (Å²) >= 11 is 5.97. The first-order valence-corrected chi connectivity index (χ1v) is 7.13. The third kappa shape index (κ3) is 3.56. The lowest BCUT2D eigenvalue weighted by Crippen LogP contribution is -2.27. The predicted molar refractivity (Wildman–Crippen MR) is 87.6 cm³/mol. The first-order chi connectivity index (χ1) is 9.88. The summed E-state index contributed by atoms with van der Waals surface area (Å²) in [5.41, 5.74) is 10.1. The van der Waals surface area contributed by atoms with Gasteiger partial charge in [-0.25, -0.2) is 0 Å². The molecule has 0 saturated heterocycles. The fourth-order valence-corrected chi connectivity index (χ4v) is 2.50. The van der Waals surface area contributed by atoms with Crippen molar-refractivity contribution < 1.29 is 4.79 Å². The van der Waals surface area contributed by atoms with E-state index in [2.05, 4.69) is 0 Å². The minimum atomic E-state index is -0.0424. The highest BCUT2D eigenvalue weighted by Crippen LogP contribution is 2.20. The summed E-state index contributed by atoms with van der Waals surface area (Å²) in [7, 11) is 1.78. The summed E-state index contributed by atoms with van der Waals surface area (Å²) < 4.78 is 0. The lowest BCUT2D eigenvalue weighted by Gasteiger charge is -2.19. The van der Waals surface area contributed by atoms with Gasteiger partial charge in [-0.2, -0.15) is 0 Å². The van der Waals surface area contributed by atoms with E-state index in [9.17, 15) is 4.79 Å². The maximum atomic E-state index is 12.6. The number of hydrogen-bond donors (Lipinski definition) is 1. The average molecular weight is 303 g/mol. The van der Waals surface area contributed by atoms with E-state index in [1.807, 2.05) is 44.2 Å². The van der Waals surface area contributed by atoms with Crippen molar-refractivity contribution in [1.29, 1.82) is 0 Å². The van der Waals surface area contributed by atoms with Gasteiger partial charge in [0.15, 0.2) is 0 Å². The molecule has 0 unspecified atom stereocenters. The first-order valence-electron chi connectivity index (χ1n) is 6.75. The second-order valence-corrected chi connectivity index (χ2v) is 5.75. The molecule has 0 aromatic heterocycles. The van der Waals surface area contributed by atoms with Crippen LogP contribution in [-0.2, 0) is 6.54 Å². The van der Waals surface area contributed by atoms with Crippen LogP contribution in [0, 0.1) is 13.8 Å². The molecule has 0 aliphatic rings. The van der Waals surface area contributed by atoms with Crippen molar-refractivity contribution in [2.24, 2.45) is 0 Å². The van der Waals surface area contributed by atoms with Gasteiger partial charge in [-0.1, -0.05) is 29.8 Å². The number of amides is 1. The maximum Gasteiger partial charge on any atom is 0.254 e. The van der Waals surface area contributed by atoms with Crippen LogP contribution in [0.15, 0.2) is 36.4 Å². The van der Waals surface area contributed by atoms with Gasteiger partial charge in [0, 0.05) is 29.9 Å². The second-order valence-electron chi connectivity index (χ2n) is 5.31. The number of hydrogen-bond acceptors (Lipinski definition) is 2. The van der Waals surface area contributed by atoms with Crippen molar-refractivity contribution >= 4 is 23.2 Å². The highest BCUT2D eigenvalue weighted by molar-refractivity contribution is 6.30. The second kappa shape index (κ2) is 6.19. The summed E-state index contributed by atoms with van der Waals surface area (Å²) in [4.78, 5) is 14.2. The third-order valence-electron chi connectivity index (χ3n) is 3.50. The zero-order valence-corrected chi connectivity index (χ0v) is 13.2. The van der Waals surface area contributed by atoms with E-state index in [1.165, 1.54) is 0 Å². The number of benzene rings is 2. The molecule has 0 saturated carbocycles. The maximum absolute atomic E-state index is 12.6. The van der Waals surface area contributed by atoms with E-state index in [1.54, 1.807) is 18.0 Å². The predicted octanol–water partition coefficient (Wildman–Crippen LogP) is 3.81. The number of carbonyl (C=O) groups excluding carboxylic acids is 1. The fourth-order valence-electron chi connectivity index (χ4n) is 2.29. The summed E-state index contributed by atoms with van der Waals surface area (Å²) in [6.45, 7) is 4.37. The summed E-state index contributed by atoms with van der Waals surface area (Å²) in [6.07, 6.45) is 0. The van der Waals surface area contributed by atoms with E-state index in [0.717, 1.165) is 16.7 Å². The Morgan fingerprint density at radius 1 is 1.19 bits per heavy atom. The van der Waals surface area contributed by atoms with Crippen molar-refractivity contribution in [1.82, 2.24) is 4.90 Å².